The minimum absolute atomic E-state index is 0.00892. The van der Waals surface area contributed by atoms with E-state index >= 15 is 0 Å². The Hall–Kier alpha value is -4.06. The van der Waals surface area contributed by atoms with Gasteiger partial charge in [-0.25, -0.2) is 4.98 Å². The number of benzene rings is 3. The molecule has 0 bridgehead atoms. The van der Waals surface area contributed by atoms with Crippen molar-refractivity contribution in [3.8, 4) is 28.5 Å². The van der Waals surface area contributed by atoms with Crippen LogP contribution in [0.2, 0.25) is 0 Å². The molecular weight excluding hydrogens is 426 g/mol. The Kier molecular flexibility index (Phi) is 6.04. The summed E-state index contributed by atoms with van der Waals surface area (Å²) in [6.45, 7) is 4.79. The van der Waals surface area contributed by atoms with E-state index in [1.165, 1.54) is 5.56 Å². The Labute approximate surface area is 199 Å². The number of piperazine rings is 1. The molecule has 2 heterocycles. The van der Waals surface area contributed by atoms with Crippen molar-refractivity contribution in [1.82, 2.24) is 9.88 Å². The summed E-state index contributed by atoms with van der Waals surface area (Å²) in [5.41, 5.74) is 4.51. The van der Waals surface area contributed by atoms with E-state index in [1.807, 2.05) is 78.6 Å². The van der Waals surface area contributed by atoms with Crippen LogP contribution >= 0.6 is 0 Å². The van der Waals surface area contributed by atoms with E-state index in [0.717, 1.165) is 30.1 Å². The zero-order valence-corrected chi connectivity index (χ0v) is 19.4. The van der Waals surface area contributed by atoms with Gasteiger partial charge >= 0.3 is 0 Å². The van der Waals surface area contributed by atoms with Crippen LogP contribution in [-0.2, 0) is 0 Å². The van der Waals surface area contributed by atoms with Gasteiger partial charge in [0.25, 0.3) is 5.91 Å². The number of methoxy groups -OCH3 is 1. The highest BCUT2D eigenvalue weighted by molar-refractivity contribution is 6.00. The number of para-hydroxylation sites is 2. The largest absolute Gasteiger partial charge is 0.495 e. The van der Waals surface area contributed by atoms with Crippen molar-refractivity contribution in [2.24, 2.45) is 0 Å². The number of hydrogen-bond donors (Lipinski definition) is 0. The molecule has 1 amide bonds. The van der Waals surface area contributed by atoms with Crippen LogP contribution in [0.15, 0.2) is 83.4 Å². The average molecular weight is 454 g/mol. The summed E-state index contributed by atoms with van der Waals surface area (Å²) in [4.78, 5) is 22.1. The second-order valence-corrected chi connectivity index (χ2v) is 8.39. The van der Waals surface area contributed by atoms with E-state index < -0.39 is 0 Å². The van der Waals surface area contributed by atoms with E-state index in [2.05, 4.69) is 16.0 Å². The van der Waals surface area contributed by atoms with Crippen molar-refractivity contribution in [3.05, 3.63) is 90.1 Å². The van der Waals surface area contributed by atoms with Crippen LogP contribution in [0, 0.1) is 6.92 Å². The van der Waals surface area contributed by atoms with Crippen LogP contribution in [0.3, 0.4) is 0 Å². The first kappa shape index (κ1) is 21.8. The summed E-state index contributed by atoms with van der Waals surface area (Å²) in [6, 6.07) is 23.6. The summed E-state index contributed by atoms with van der Waals surface area (Å²) < 4.78 is 11.6. The SMILES string of the molecule is COc1ccccc1N1CCN(C(=O)c2ccccc2-c2ncc(-c3ccc(C)cc3)o2)CC1. The Morgan fingerprint density at radius 3 is 2.38 bits per heavy atom. The first-order valence-corrected chi connectivity index (χ1v) is 11.4. The number of nitrogens with zero attached hydrogens (tertiary/aromatic N) is 3. The number of carbonyl (C=O) groups is 1. The maximum absolute atomic E-state index is 13.5. The molecule has 0 N–H and O–H groups in total. The number of oxazole rings is 1. The number of amides is 1. The Morgan fingerprint density at radius 1 is 0.912 bits per heavy atom. The molecule has 1 aliphatic rings. The molecule has 0 spiro atoms. The second-order valence-electron chi connectivity index (χ2n) is 8.39. The summed E-state index contributed by atoms with van der Waals surface area (Å²) in [7, 11) is 1.68. The van der Waals surface area contributed by atoms with E-state index in [4.69, 9.17) is 9.15 Å². The van der Waals surface area contributed by atoms with Gasteiger partial charge in [-0.2, -0.15) is 0 Å². The highest BCUT2D eigenvalue weighted by Crippen LogP contribution is 2.31. The van der Waals surface area contributed by atoms with Gasteiger partial charge in [0, 0.05) is 37.3 Å². The summed E-state index contributed by atoms with van der Waals surface area (Å²) in [5, 5.41) is 0. The van der Waals surface area contributed by atoms with Gasteiger partial charge in [0.15, 0.2) is 5.76 Å². The molecule has 6 heteroatoms. The van der Waals surface area contributed by atoms with Crippen LogP contribution in [0.5, 0.6) is 5.75 Å². The van der Waals surface area contributed by atoms with E-state index in [9.17, 15) is 4.79 Å². The van der Waals surface area contributed by atoms with Crippen molar-refractivity contribution in [2.45, 2.75) is 6.92 Å². The molecule has 1 aliphatic heterocycles. The lowest BCUT2D eigenvalue weighted by Gasteiger charge is -2.36. The van der Waals surface area contributed by atoms with E-state index in [1.54, 1.807) is 13.3 Å². The molecule has 0 aliphatic carbocycles. The normalized spacial score (nSPS) is 13.7. The summed E-state index contributed by atoms with van der Waals surface area (Å²) >= 11 is 0. The molecule has 0 saturated carbocycles. The minimum atomic E-state index is -0.00892. The van der Waals surface area contributed by atoms with Crippen LogP contribution in [0.1, 0.15) is 15.9 Å². The first-order valence-electron chi connectivity index (χ1n) is 11.4. The molecule has 5 rings (SSSR count). The van der Waals surface area contributed by atoms with Crippen molar-refractivity contribution in [3.63, 3.8) is 0 Å². The molecule has 1 saturated heterocycles. The van der Waals surface area contributed by atoms with Gasteiger partial charge in [-0.1, -0.05) is 54.1 Å². The van der Waals surface area contributed by atoms with Gasteiger partial charge in [0.1, 0.15) is 5.75 Å². The molecule has 0 radical (unpaired) electrons. The van der Waals surface area contributed by atoms with Gasteiger partial charge in [0.2, 0.25) is 5.89 Å². The van der Waals surface area contributed by atoms with Crippen LogP contribution in [0.25, 0.3) is 22.8 Å². The van der Waals surface area contributed by atoms with Gasteiger partial charge in [0.05, 0.1) is 24.6 Å². The van der Waals surface area contributed by atoms with Gasteiger partial charge in [-0.15, -0.1) is 0 Å². The second kappa shape index (κ2) is 9.43. The molecule has 1 fully saturated rings. The fourth-order valence-corrected chi connectivity index (χ4v) is 4.32. The van der Waals surface area contributed by atoms with Crippen LogP contribution in [-0.4, -0.2) is 49.1 Å². The maximum Gasteiger partial charge on any atom is 0.254 e. The van der Waals surface area contributed by atoms with Crippen molar-refractivity contribution < 1.29 is 13.9 Å². The zero-order valence-electron chi connectivity index (χ0n) is 19.4. The summed E-state index contributed by atoms with van der Waals surface area (Å²) in [5.74, 6) is 1.97. The number of aromatic nitrogens is 1. The third-order valence-electron chi connectivity index (χ3n) is 6.22. The highest BCUT2D eigenvalue weighted by atomic mass is 16.5. The standard InChI is InChI=1S/C28H27N3O3/c1-20-11-13-21(14-12-20)26-19-29-27(34-26)22-7-3-4-8-23(22)28(32)31-17-15-30(16-18-31)24-9-5-6-10-25(24)33-2/h3-14,19H,15-18H2,1-2H3. The predicted octanol–water partition coefficient (Wildman–Crippen LogP) is 5.29. The van der Waals surface area contributed by atoms with Gasteiger partial charge in [-0.3, -0.25) is 4.79 Å². The molecule has 4 aromatic rings. The lowest BCUT2D eigenvalue weighted by molar-refractivity contribution is 0.0747. The minimum Gasteiger partial charge on any atom is -0.495 e. The van der Waals surface area contributed by atoms with Crippen LogP contribution in [0.4, 0.5) is 5.69 Å². The fourth-order valence-electron chi connectivity index (χ4n) is 4.32. The average Bonchev–Trinajstić information content (AvgIpc) is 3.39. The summed E-state index contributed by atoms with van der Waals surface area (Å²) in [6.07, 6.45) is 1.72. The molecule has 34 heavy (non-hydrogen) atoms. The molecule has 3 aromatic carbocycles. The third-order valence-corrected chi connectivity index (χ3v) is 6.22. The number of anilines is 1. The molecule has 0 unspecified atom stereocenters. The zero-order chi connectivity index (χ0) is 23.5. The number of aryl methyl sites for hydroxylation is 1. The van der Waals surface area contributed by atoms with E-state index in [0.29, 0.717) is 35.9 Å². The van der Waals surface area contributed by atoms with Crippen LogP contribution < -0.4 is 9.64 Å². The molecular formula is C28H27N3O3. The van der Waals surface area contributed by atoms with E-state index in [-0.39, 0.29) is 5.91 Å². The molecule has 1 aromatic heterocycles. The smallest absolute Gasteiger partial charge is 0.254 e. The lowest BCUT2D eigenvalue weighted by Crippen LogP contribution is -2.49. The Balaban J connectivity index is 1.34. The number of carbonyl (C=O) groups excluding carboxylic acids is 1. The molecule has 172 valence electrons. The quantitative estimate of drug-likeness (QED) is 0.411. The predicted molar refractivity (Wildman–Crippen MR) is 133 cm³/mol. The first-order chi connectivity index (χ1) is 16.6. The van der Waals surface area contributed by atoms with Crippen molar-refractivity contribution in [1.29, 1.82) is 0 Å². The number of rotatable bonds is 5. The highest BCUT2D eigenvalue weighted by Gasteiger charge is 2.26. The molecule has 0 atom stereocenters. The third kappa shape index (κ3) is 4.27. The van der Waals surface area contributed by atoms with Crippen molar-refractivity contribution >= 4 is 11.6 Å². The Bertz CT molecular complexity index is 1290. The number of ether oxygens (including phenoxy) is 1. The fraction of sp³-hybridized carbons (Fsp3) is 0.214. The monoisotopic (exact) mass is 453 g/mol. The Morgan fingerprint density at radius 2 is 1.62 bits per heavy atom. The van der Waals surface area contributed by atoms with Crippen molar-refractivity contribution in [2.75, 3.05) is 38.2 Å². The maximum atomic E-state index is 13.5. The topological polar surface area (TPSA) is 58.8 Å². The number of hydrogen-bond acceptors (Lipinski definition) is 5. The molecule has 6 nitrogen and oxygen atoms in total. The van der Waals surface area contributed by atoms with Gasteiger partial charge in [-0.05, 0) is 31.2 Å². The van der Waals surface area contributed by atoms with Gasteiger partial charge < -0.3 is 19.0 Å². The lowest BCUT2D eigenvalue weighted by atomic mass is 10.1.